The van der Waals surface area contributed by atoms with Gasteiger partial charge in [-0.15, -0.1) is 5.10 Å². The summed E-state index contributed by atoms with van der Waals surface area (Å²) in [6, 6.07) is 7.53. The number of rotatable bonds is 7. The van der Waals surface area contributed by atoms with Gasteiger partial charge in [0.2, 0.25) is 0 Å². The molecule has 1 aromatic carbocycles. The number of carbonyl (C=O) groups excluding carboxylic acids is 2. The Kier molecular flexibility index (Phi) is 5.38. The van der Waals surface area contributed by atoms with Crippen LogP contribution in [0.15, 0.2) is 30.5 Å². The summed E-state index contributed by atoms with van der Waals surface area (Å²) in [5, 5.41) is 10.9. The molecule has 1 aliphatic heterocycles. The molecular weight excluding hydrogens is 358 g/mol. The SMILES string of the molecule is COCCn1cc(CC2NC(=O)N(CC3CCc4ccccc4C3)C2=O)nn1. The lowest BCUT2D eigenvalue weighted by atomic mass is 9.83. The molecule has 1 N–H and O–H groups in total. The van der Waals surface area contributed by atoms with Crippen LogP contribution in [0.3, 0.4) is 0 Å². The van der Waals surface area contributed by atoms with Crippen LogP contribution < -0.4 is 5.32 Å². The number of ether oxygens (including phenoxy) is 1. The summed E-state index contributed by atoms with van der Waals surface area (Å²) >= 11 is 0. The zero-order valence-corrected chi connectivity index (χ0v) is 16.0. The number of hydrogen-bond acceptors (Lipinski definition) is 5. The number of hydrogen-bond donors (Lipinski definition) is 1. The molecule has 28 heavy (non-hydrogen) atoms. The third-order valence-electron chi connectivity index (χ3n) is 5.52. The van der Waals surface area contributed by atoms with E-state index in [-0.39, 0.29) is 11.9 Å². The maximum atomic E-state index is 12.8. The number of benzene rings is 1. The molecular formula is C20H25N5O3. The minimum absolute atomic E-state index is 0.171. The molecule has 2 aromatic rings. The molecule has 4 rings (SSSR count). The van der Waals surface area contributed by atoms with Crippen LogP contribution in [0.5, 0.6) is 0 Å². The summed E-state index contributed by atoms with van der Waals surface area (Å²) in [5.41, 5.74) is 3.39. The Morgan fingerprint density at radius 3 is 2.89 bits per heavy atom. The maximum Gasteiger partial charge on any atom is 0.324 e. The van der Waals surface area contributed by atoms with Gasteiger partial charge >= 0.3 is 6.03 Å². The Bertz CT molecular complexity index is 865. The number of aromatic nitrogens is 3. The van der Waals surface area contributed by atoms with Gasteiger partial charge in [0, 0.05) is 26.3 Å². The number of carbonyl (C=O) groups is 2. The monoisotopic (exact) mass is 383 g/mol. The first kappa shape index (κ1) is 18.6. The Hall–Kier alpha value is -2.74. The van der Waals surface area contributed by atoms with Crippen LogP contribution in [0.2, 0.25) is 0 Å². The average molecular weight is 383 g/mol. The molecule has 0 radical (unpaired) electrons. The third kappa shape index (κ3) is 3.91. The van der Waals surface area contributed by atoms with Crippen molar-refractivity contribution in [2.75, 3.05) is 20.3 Å². The molecule has 2 atom stereocenters. The molecule has 2 heterocycles. The first-order valence-electron chi connectivity index (χ1n) is 9.70. The van der Waals surface area contributed by atoms with Crippen molar-refractivity contribution < 1.29 is 14.3 Å². The standard InChI is InChI=1S/C20H25N5O3/c1-28-9-8-24-13-17(22-23-24)11-18-19(26)25(20(27)21-18)12-14-6-7-15-4-2-3-5-16(15)10-14/h2-5,13-14,18H,6-12H2,1H3,(H,21,27). The van der Waals surface area contributed by atoms with E-state index in [4.69, 9.17) is 4.74 Å². The van der Waals surface area contributed by atoms with E-state index in [1.54, 1.807) is 18.0 Å². The Morgan fingerprint density at radius 2 is 2.07 bits per heavy atom. The van der Waals surface area contributed by atoms with E-state index >= 15 is 0 Å². The lowest BCUT2D eigenvalue weighted by Crippen LogP contribution is -2.37. The van der Waals surface area contributed by atoms with Crippen molar-refractivity contribution in [3.05, 3.63) is 47.3 Å². The summed E-state index contributed by atoms with van der Waals surface area (Å²) in [6.45, 7) is 1.61. The highest BCUT2D eigenvalue weighted by atomic mass is 16.5. The predicted molar refractivity (Wildman–Crippen MR) is 102 cm³/mol. The van der Waals surface area contributed by atoms with Crippen molar-refractivity contribution in [2.24, 2.45) is 5.92 Å². The summed E-state index contributed by atoms with van der Waals surface area (Å²) in [6.07, 6.45) is 5.04. The van der Waals surface area contributed by atoms with Crippen LogP contribution in [0.4, 0.5) is 4.79 Å². The topological polar surface area (TPSA) is 89.4 Å². The number of amides is 3. The van der Waals surface area contributed by atoms with Gasteiger partial charge in [0.25, 0.3) is 5.91 Å². The summed E-state index contributed by atoms with van der Waals surface area (Å²) < 4.78 is 6.70. The molecule has 8 heteroatoms. The minimum atomic E-state index is -0.573. The molecule has 1 aromatic heterocycles. The highest BCUT2D eigenvalue weighted by Crippen LogP contribution is 2.27. The fourth-order valence-corrected chi connectivity index (χ4v) is 4.01. The Morgan fingerprint density at radius 1 is 1.25 bits per heavy atom. The fraction of sp³-hybridized carbons (Fsp3) is 0.500. The first-order valence-corrected chi connectivity index (χ1v) is 9.70. The highest BCUT2D eigenvalue weighted by molar-refractivity contribution is 6.04. The van der Waals surface area contributed by atoms with E-state index in [2.05, 4.69) is 33.8 Å². The van der Waals surface area contributed by atoms with E-state index in [0.29, 0.717) is 37.7 Å². The van der Waals surface area contributed by atoms with E-state index in [9.17, 15) is 9.59 Å². The zero-order valence-electron chi connectivity index (χ0n) is 16.0. The molecule has 3 amide bonds. The number of nitrogens with one attached hydrogen (secondary N) is 1. The Labute approximate surface area is 163 Å². The van der Waals surface area contributed by atoms with Crippen molar-refractivity contribution >= 4 is 11.9 Å². The van der Waals surface area contributed by atoms with Gasteiger partial charge in [0.1, 0.15) is 6.04 Å². The number of urea groups is 1. The smallest absolute Gasteiger partial charge is 0.324 e. The summed E-state index contributed by atoms with van der Waals surface area (Å²) in [4.78, 5) is 26.5. The first-order chi connectivity index (χ1) is 13.6. The molecule has 0 saturated carbocycles. The van der Waals surface area contributed by atoms with Gasteiger partial charge in [0.15, 0.2) is 0 Å². The zero-order chi connectivity index (χ0) is 19.5. The highest BCUT2D eigenvalue weighted by Gasteiger charge is 2.39. The second kappa shape index (κ2) is 8.10. The number of aryl methyl sites for hydroxylation is 1. The quantitative estimate of drug-likeness (QED) is 0.726. The molecule has 2 aliphatic rings. The van der Waals surface area contributed by atoms with Crippen molar-refractivity contribution in [3.63, 3.8) is 0 Å². The normalized spacial score (nSPS) is 21.7. The molecule has 1 fully saturated rings. The third-order valence-corrected chi connectivity index (χ3v) is 5.52. The van der Waals surface area contributed by atoms with Crippen molar-refractivity contribution in [1.29, 1.82) is 0 Å². The number of imide groups is 1. The molecule has 1 saturated heterocycles. The average Bonchev–Trinajstić information content (AvgIpc) is 3.26. The van der Waals surface area contributed by atoms with Gasteiger partial charge in [0.05, 0.1) is 18.8 Å². The molecule has 1 aliphatic carbocycles. The number of methoxy groups -OCH3 is 1. The van der Waals surface area contributed by atoms with E-state index in [0.717, 1.165) is 19.3 Å². The van der Waals surface area contributed by atoms with Crippen molar-refractivity contribution in [3.8, 4) is 0 Å². The van der Waals surface area contributed by atoms with Gasteiger partial charge in [-0.2, -0.15) is 0 Å². The van der Waals surface area contributed by atoms with Crippen LogP contribution in [0, 0.1) is 5.92 Å². The lowest BCUT2D eigenvalue weighted by Gasteiger charge is -2.27. The van der Waals surface area contributed by atoms with Crippen molar-refractivity contribution in [1.82, 2.24) is 25.2 Å². The van der Waals surface area contributed by atoms with Gasteiger partial charge in [-0.1, -0.05) is 29.5 Å². The van der Waals surface area contributed by atoms with Gasteiger partial charge in [-0.3, -0.25) is 9.69 Å². The second-order valence-corrected chi connectivity index (χ2v) is 7.50. The summed E-state index contributed by atoms with van der Waals surface area (Å²) in [7, 11) is 1.63. The molecule has 0 spiro atoms. The van der Waals surface area contributed by atoms with E-state index < -0.39 is 6.04 Å². The van der Waals surface area contributed by atoms with Crippen molar-refractivity contribution in [2.45, 2.75) is 38.3 Å². The molecule has 0 bridgehead atoms. The second-order valence-electron chi connectivity index (χ2n) is 7.50. The van der Waals surface area contributed by atoms with Crippen LogP contribution in [-0.2, 0) is 35.3 Å². The van der Waals surface area contributed by atoms with Gasteiger partial charge in [-0.05, 0) is 36.3 Å². The Balaban J connectivity index is 1.36. The largest absolute Gasteiger partial charge is 0.383 e. The minimum Gasteiger partial charge on any atom is -0.383 e. The molecule has 8 nitrogen and oxygen atoms in total. The van der Waals surface area contributed by atoms with Crippen LogP contribution in [0.25, 0.3) is 0 Å². The van der Waals surface area contributed by atoms with E-state index in [1.165, 1.54) is 16.0 Å². The van der Waals surface area contributed by atoms with Crippen LogP contribution in [-0.4, -0.2) is 58.1 Å². The lowest BCUT2D eigenvalue weighted by molar-refractivity contribution is -0.127. The number of nitrogens with zero attached hydrogens (tertiary/aromatic N) is 4. The van der Waals surface area contributed by atoms with Crippen LogP contribution >= 0.6 is 0 Å². The van der Waals surface area contributed by atoms with E-state index in [1.807, 2.05) is 6.07 Å². The fourth-order valence-electron chi connectivity index (χ4n) is 4.01. The molecule has 148 valence electrons. The predicted octanol–water partition coefficient (Wildman–Crippen LogP) is 1.19. The summed E-state index contributed by atoms with van der Waals surface area (Å²) in [5.74, 6) is 0.133. The number of fused-ring (bicyclic) bond motifs is 1. The van der Waals surface area contributed by atoms with Crippen LogP contribution in [0.1, 0.15) is 23.2 Å². The molecule has 2 unspecified atom stereocenters. The maximum absolute atomic E-state index is 12.8. The van der Waals surface area contributed by atoms with Gasteiger partial charge in [-0.25, -0.2) is 9.48 Å². The van der Waals surface area contributed by atoms with Gasteiger partial charge < -0.3 is 10.1 Å².